The van der Waals surface area contributed by atoms with E-state index >= 15 is 0 Å². The third kappa shape index (κ3) is 9.21. The Morgan fingerprint density at radius 3 is 2.25 bits per heavy atom. The summed E-state index contributed by atoms with van der Waals surface area (Å²) >= 11 is 5.96. The molecule has 0 atom stereocenters. The van der Waals surface area contributed by atoms with E-state index in [9.17, 15) is 38.1 Å². The first-order valence-electron chi connectivity index (χ1n) is 16.0. The number of phenols is 3. The second-order valence-corrected chi connectivity index (χ2v) is 14.0. The zero-order valence-corrected chi connectivity index (χ0v) is 29.0. The quantitative estimate of drug-likeness (QED) is 0.0651. The highest BCUT2D eigenvalue weighted by Crippen LogP contribution is 2.33. The largest absolute Gasteiger partial charge is 0.508 e. The van der Waals surface area contributed by atoms with Crippen molar-refractivity contribution >= 4 is 55.3 Å². The van der Waals surface area contributed by atoms with Gasteiger partial charge in [0.15, 0.2) is 11.5 Å². The molecule has 51 heavy (non-hydrogen) atoms. The SMILES string of the molecule is COc1ccc(Cl)cc1C(=O)NCCc1ccc(S(=O)(=O)NC(=O)NC2CCCCC2)cc1.O=c1oc2cc(O)ccc2c2cc(O)c(O)cc12. The molecule has 4 aromatic carbocycles. The summed E-state index contributed by atoms with van der Waals surface area (Å²) in [6, 6.07) is 17.1. The van der Waals surface area contributed by atoms with Crippen LogP contribution in [0.2, 0.25) is 5.02 Å². The lowest BCUT2D eigenvalue weighted by Gasteiger charge is -2.22. The maximum Gasteiger partial charge on any atom is 0.344 e. The lowest BCUT2D eigenvalue weighted by Crippen LogP contribution is -2.45. The number of benzene rings is 4. The summed E-state index contributed by atoms with van der Waals surface area (Å²) in [5.74, 6) is -0.614. The van der Waals surface area contributed by atoms with E-state index in [1.165, 1.54) is 43.5 Å². The maximum atomic E-state index is 12.5. The first-order chi connectivity index (χ1) is 24.3. The van der Waals surface area contributed by atoms with Gasteiger partial charge in [-0.1, -0.05) is 43.0 Å². The van der Waals surface area contributed by atoms with Crippen LogP contribution >= 0.6 is 11.6 Å². The maximum absolute atomic E-state index is 12.5. The summed E-state index contributed by atoms with van der Waals surface area (Å²) < 4.78 is 37.3. The Morgan fingerprint density at radius 2 is 1.57 bits per heavy atom. The van der Waals surface area contributed by atoms with E-state index in [1.807, 2.05) is 0 Å². The van der Waals surface area contributed by atoms with Gasteiger partial charge in [-0.15, -0.1) is 0 Å². The van der Waals surface area contributed by atoms with E-state index < -0.39 is 21.7 Å². The summed E-state index contributed by atoms with van der Waals surface area (Å²) in [6.45, 7) is 0.336. The van der Waals surface area contributed by atoms with Crippen molar-refractivity contribution in [3.63, 3.8) is 0 Å². The van der Waals surface area contributed by atoms with Crippen molar-refractivity contribution < 1.29 is 42.5 Å². The molecule has 268 valence electrons. The number of sulfonamides is 1. The Bertz CT molecular complexity index is 2240. The molecular weight excluding hydrogens is 702 g/mol. The topological polar surface area (TPSA) is 204 Å². The Morgan fingerprint density at radius 1 is 0.882 bits per heavy atom. The number of amides is 3. The average molecular weight is 738 g/mol. The molecule has 1 aliphatic rings. The average Bonchev–Trinajstić information content (AvgIpc) is 3.09. The van der Waals surface area contributed by atoms with Gasteiger partial charge in [0, 0.05) is 34.4 Å². The first kappa shape index (κ1) is 36.8. The summed E-state index contributed by atoms with van der Waals surface area (Å²) in [4.78, 5) is 36.2. The van der Waals surface area contributed by atoms with E-state index in [2.05, 4.69) is 15.4 Å². The molecule has 6 N–H and O–H groups in total. The number of hydrogen-bond acceptors (Lipinski definition) is 10. The Kier molecular flexibility index (Phi) is 11.6. The van der Waals surface area contributed by atoms with Crippen LogP contribution < -0.4 is 25.7 Å². The summed E-state index contributed by atoms with van der Waals surface area (Å²) in [7, 11) is -2.49. The number of aromatic hydroxyl groups is 3. The fourth-order valence-corrected chi connectivity index (χ4v) is 6.78. The zero-order chi connectivity index (χ0) is 36.7. The van der Waals surface area contributed by atoms with Gasteiger partial charge in [-0.05, 0) is 79.4 Å². The van der Waals surface area contributed by atoms with E-state index in [0.717, 1.165) is 43.7 Å². The van der Waals surface area contributed by atoms with Gasteiger partial charge in [-0.25, -0.2) is 22.7 Å². The van der Waals surface area contributed by atoms with Gasteiger partial charge in [-0.2, -0.15) is 0 Å². The highest BCUT2D eigenvalue weighted by molar-refractivity contribution is 7.90. The van der Waals surface area contributed by atoms with Crippen LogP contribution in [0.5, 0.6) is 23.0 Å². The summed E-state index contributed by atoms with van der Waals surface area (Å²) in [5, 5.41) is 35.4. The van der Waals surface area contributed by atoms with Crippen LogP contribution in [-0.2, 0) is 16.4 Å². The number of phenolic OH excluding ortho intramolecular Hbond substituents is 3. The lowest BCUT2D eigenvalue weighted by molar-refractivity contribution is 0.0951. The molecule has 1 aliphatic carbocycles. The van der Waals surface area contributed by atoms with Gasteiger partial charge in [0.2, 0.25) is 0 Å². The summed E-state index contributed by atoms with van der Waals surface area (Å²) in [5.41, 5.74) is 0.749. The Hall–Kier alpha value is -5.47. The third-order valence-corrected chi connectivity index (χ3v) is 9.88. The molecule has 0 radical (unpaired) electrons. The minimum absolute atomic E-state index is 0.00209. The number of urea groups is 1. The van der Waals surface area contributed by atoms with Crippen LogP contribution in [0.25, 0.3) is 21.7 Å². The fourth-order valence-electron chi connectivity index (χ4n) is 5.69. The van der Waals surface area contributed by atoms with Crippen molar-refractivity contribution in [3.05, 3.63) is 99.4 Å². The molecule has 13 nitrogen and oxygen atoms in total. The molecule has 1 saturated carbocycles. The lowest BCUT2D eigenvalue weighted by atomic mass is 9.96. The van der Waals surface area contributed by atoms with Gasteiger partial charge in [-0.3, -0.25) is 4.79 Å². The molecule has 0 bridgehead atoms. The van der Waals surface area contributed by atoms with E-state index in [1.54, 1.807) is 30.3 Å². The number of rotatable bonds is 8. The van der Waals surface area contributed by atoms with Gasteiger partial charge in [0.05, 0.1) is 23.0 Å². The van der Waals surface area contributed by atoms with E-state index in [0.29, 0.717) is 40.1 Å². The second kappa shape index (κ2) is 16.0. The zero-order valence-electron chi connectivity index (χ0n) is 27.4. The molecule has 0 spiro atoms. The number of halogens is 1. The number of carbonyl (C=O) groups is 2. The molecule has 1 fully saturated rings. The van der Waals surface area contributed by atoms with Crippen LogP contribution in [0.15, 0.2) is 86.9 Å². The van der Waals surface area contributed by atoms with Gasteiger partial charge in [0.1, 0.15) is 17.1 Å². The molecule has 1 aromatic heterocycles. The molecule has 0 saturated heterocycles. The molecule has 1 heterocycles. The van der Waals surface area contributed by atoms with Gasteiger partial charge >= 0.3 is 11.7 Å². The normalized spacial score (nSPS) is 13.2. The van der Waals surface area contributed by atoms with Crippen LogP contribution in [0, 0.1) is 0 Å². The van der Waals surface area contributed by atoms with Crippen LogP contribution in [0.1, 0.15) is 48.0 Å². The number of carbonyl (C=O) groups excluding carboxylic acids is 2. The minimum Gasteiger partial charge on any atom is -0.508 e. The molecule has 0 unspecified atom stereocenters. The number of ether oxygens (including phenoxy) is 1. The van der Waals surface area contributed by atoms with Gasteiger partial charge in [0.25, 0.3) is 15.9 Å². The van der Waals surface area contributed by atoms with Crippen molar-refractivity contribution in [1.82, 2.24) is 15.4 Å². The highest BCUT2D eigenvalue weighted by Gasteiger charge is 2.21. The molecule has 3 amide bonds. The molecule has 5 aromatic rings. The molecule has 6 rings (SSSR count). The smallest absolute Gasteiger partial charge is 0.344 e. The number of methoxy groups -OCH3 is 1. The minimum atomic E-state index is -3.97. The summed E-state index contributed by atoms with van der Waals surface area (Å²) in [6.07, 6.45) is 5.43. The molecule has 0 aliphatic heterocycles. The van der Waals surface area contributed by atoms with E-state index in [-0.39, 0.29) is 45.1 Å². The predicted octanol–water partition coefficient (Wildman–Crippen LogP) is 5.70. The fraction of sp³-hybridized carbons (Fsp3) is 0.250. The van der Waals surface area contributed by atoms with Gasteiger partial charge < -0.3 is 35.1 Å². The number of nitrogens with one attached hydrogen (secondary N) is 3. The van der Waals surface area contributed by atoms with Crippen molar-refractivity contribution in [1.29, 1.82) is 0 Å². The van der Waals surface area contributed by atoms with Crippen molar-refractivity contribution in [2.75, 3.05) is 13.7 Å². The highest BCUT2D eigenvalue weighted by atomic mass is 35.5. The monoisotopic (exact) mass is 737 g/mol. The first-order valence-corrected chi connectivity index (χ1v) is 17.9. The Balaban J connectivity index is 0.000000234. The van der Waals surface area contributed by atoms with E-state index in [4.69, 9.17) is 20.8 Å². The third-order valence-electron chi connectivity index (χ3n) is 8.30. The number of fused-ring (bicyclic) bond motifs is 3. The predicted molar refractivity (Wildman–Crippen MR) is 191 cm³/mol. The van der Waals surface area contributed by atoms with Crippen molar-refractivity contribution in [2.45, 2.75) is 49.5 Å². The standard InChI is InChI=1S/C23H28ClN3O5S.C13H8O5/c1-32-21-12-9-17(24)15-20(21)22(28)25-14-13-16-7-10-19(11-8-16)33(30,31)27-23(29)26-18-5-3-2-4-6-18;14-6-1-2-7-8-4-10(15)11(16)5-9(8)13(17)18-12(7)3-6/h7-12,15,18H,2-6,13-14H2,1H3,(H,25,28)(H2,26,27,29);1-5,14-16H. The molecular formula is C36H36ClN3O10S. The van der Waals surface area contributed by atoms with Crippen molar-refractivity contribution in [3.8, 4) is 23.0 Å². The van der Waals surface area contributed by atoms with Crippen LogP contribution in [0.3, 0.4) is 0 Å². The van der Waals surface area contributed by atoms with Crippen LogP contribution in [-0.4, -0.2) is 55.4 Å². The second-order valence-electron chi connectivity index (χ2n) is 11.9. The Labute approximate surface area is 297 Å². The number of hydrogen-bond donors (Lipinski definition) is 6. The van der Waals surface area contributed by atoms with Crippen molar-refractivity contribution in [2.24, 2.45) is 0 Å². The molecule has 15 heteroatoms. The van der Waals surface area contributed by atoms with Crippen LogP contribution in [0.4, 0.5) is 4.79 Å².